The molecule has 1 unspecified atom stereocenters. The van der Waals surface area contributed by atoms with Crippen molar-refractivity contribution in [2.45, 2.75) is 63.8 Å². The van der Waals surface area contributed by atoms with Crippen LogP contribution in [0.25, 0.3) is 0 Å². The van der Waals surface area contributed by atoms with Crippen LogP contribution in [0.15, 0.2) is 11.6 Å². The average molecular weight is 507 g/mol. The van der Waals surface area contributed by atoms with Crippen LogP contribution in [-0.4, -0.2) is 88.5 Å². The molecule has 3 heterocycles. The quantitative estimate of drug-likeness (QED) is 0.525. The molecule has 34 heavy (non-hydrogen) atoms. The van der Waals surface area contributed by atoms with Gasteiger partial charge in [0.05, 0.1) is 6.54 Å². The summed E-state index contributed by atoms with van der Waals surface area (Å²) in [5, 5.41) is 9.35. The van der Waals surface area contributed by atoms with Crippen molar-refractivity contribution >= 4 is 45.6 Å². The SMILES string of the molecule is O=C(Nc1nccs1)C(CC1CCCCC1)N1CCN(C(=S)NCCN2CCCCC2)CC1=O. The summed E-state index contributed by atoms with van der Waals surface area (Å²) >= 11 is 7.00. The van der Waals surface area contributed by atoms with E-state index in [1.807, 2.05) is 10.3 Å². The number of piperidine rings is 1. The van der Waals surface area contributed by atoms with Gasteiger partial charge in [-0.15, -0.1) is 11.3 Å². The molecular weight excluding hydrogens is 468 g/mol. The van der Waals surface area contributed by atoms with Crippen LogP contribution in [0.4, 0.5) is 5.13 Å². The van der Waals surface area contributed by atoms with E-state index in [0.717, 1.165) is 45.4 Å². The molecule has 2 amide bonds. The number of likely N-dealkylation sites (tertiary alicyclic amines) is 1. The summed E-state index contributed by atoms with van der Waals surface area (Å²) in [5.74, 6) is 0.343. The minimum absolute atomic E-state index is 0.0264. The molecule has 3 aliphatic rings. The summed E-state index contributed by atoms with van der Waals surface area (Å²) in [7, 11) is 0. The summed E-state index contributed by atoms with van der Waals surface area (Å²) < 4.78 is 0. The molecule has 0 radical (unpaired) electrons. The number of nitrogens with zero attached hydrogens (tertiary/aromatic N) is 4. The van der Waals surface area contributed by atoms with E-state index in [2.05, 4.69) is 20.5 Å². The molecule has 1 saturated carbocycles. The first kappa shape index (κ1) is 25.3. The second-order valence-corrected chi connectivity index (χ2v) is 11.0. The Bertz CT molecular complexity index is 808. The maximum atomic E-state index is 13.2. The summed E-state index contributed by atoms with van der Waals surface area (Å²) in [6, 6.07) is -0.456. The van der Waals surface area contributed by atoms with Crippen LogP contribution < -0.4 is 10.6 Å². The van der Waals surface area contributed by atoms with E-state index in [-0.39, 0.29) is 18.4 Å². The van der Waals surface area contributed by atoms with E-state index >= 15 is 0 Å². The van der Waals surface area contributed by atoms with Crippen molar-refractivity contribution in [3.8, 4) is 0 Å². The zero-order chi connectivity index (χ0) is 23.8. The zero-order valence-corrected chi connectivity index (χ0v) is 21.7. The number of nitrogens with one attached hydrogen (secondary N) is 2. The Hall–Kier alpha value is -1.78. The molecule has 2 aliphatic heterocycles. The van der Waals surface area contributed by atoms with Gasteiger partial charge >= 0.3 is 0 Å². The van der Waals surface area contributed by atoms with E-state index < -0.39 is 6.04 Å². The molecule has 1 atom stereocenters. The fraction of sp³-hybridized carbons (Fsp3) is 0.750. The molecule has 10 heteroatoms. The maximum Gasteiger partial charge on any atom is 0.248 e. The van der Waals surface area contributed by atoms with Crippen LogP contribution in [0.2, 0.25) is 0 Å². The number of carbonyl (C=O) groups excluding carboxylic acids is 2. The Morgan fingerprint density at radius 2 is 1.88 bits per heavy atom. The van der Waals surface area contributed by atoms with Crippen LogP contribution in [-0.2, 0) is 9.59 Å². The van der Waals surface area contributed by atoms with Crippen molar-refractivity contribution in [1.29, 1.82) is 0 Å². The van der Waals surface area contributed by atoms with Gasteiger partial charge in [0.2, 0.25) is 11.8 Å². The number of hydrogen-bond acceptors (Lipinski definition) is 6. The molecular formula is C24H38N6O2S2. The predicted molar refractivity (Wildman–Crippen MR) is 140 cm³/mol. The minimum Gasteiger partial charge on any atom is -0.361 e. The van der Waals surface area contributed by atoms with Crippen LogP contribution in [0.1, 0.15) is 57.8 Å². The monoisotopic (exact) mass is 506 g/mol. The molecule has 4 rings (SSSR count). The van der Waals surface area contributed by atoms with Gasteiger partial charge in [0, 0.05) is 37.8 Å². The lowest BCUT2D eigenvalue weighted by Crippen LogP contribution is -2.59. The largest absolute Gasteiger partial charge is 0.361 e. The third kappa shape index (κ3) is 7.11. The highest BCUT2D eigenvalue weighted by Gasteiger charge is 2.36. The van der Waals surface area contributed by atoms with E-state index in [0.29, 0.717) is 29.3 Å². The Kier molecular flexibility index (Phi) is 9.52. The van der Waals surface area contributed by atoms with Crippen LogP contribution in [0.5, 0.6) is 0 Å². The smallest absolute Gasteiger partial charge is 0.248 e. The lowest BCUT2D eigenvalue weighted by molar-refractivity contribution is -0.142. The summed E-state index contributed by atoms with van der Waals surface area (Å²) in [5.41, 5.74) is 0. The van der Waals surface area contributed by atoms with Gasteiger partial charge in [-0.25, -0.2) is 4.98 Å². The molecule has 188 valence electrons. The lowest BCUT2D eigenvalue weighted by Gasteiger charge is -2.40. The van der Waals surface area contributed by atoms with Gasteiger partial charge in [0.1, 0.15) is 6.04 Å². The highest BCUT2D eigenvalue weighted by Crippen LogP contribution is 2.30. The third-order valence-corrected chi connectivity index (χ3v) is 8.41. The molecule has 1 aliphatic carbocycles. The first-order chi connectivity index (χ1) is 16.6. The zero-order valence-electron chi connectivity index (χ0n) is 20.0. The van der Waals surface area contributed by atoms with Gasteiger partial charge in [-0.05, 0) is 50.5 Å². The Morgan fingerprint density at radius 3 is 2.59 bits per heavy atom. The van der Waals surface area contributed by atoms with E-state index in [1.54, 1.807) is 11.1 Å². The van der Waals surface area contributed by atoms with Crippen molar-refractivity contribution in [3.63, 3.8) is 0 Å². The van der Waals surface area contributed by atoms with Crippen LogP contribution in [0, 0.1) is 5.92 Å². The molecule has 1 aromatic heterocycles. The third-order valence-electron chi connectivity index (χ3n) is 7.32. The molecule has 3 fully saturated rings. The first-order valence-electron chi connectivity index (χ1n) is 12.8. The number of anilines is 1. The molecule has 0 bridgehead atoms. The van der Waals surface area contributed by atoms with Gasteiger partial charge in [0.15, 0.2) is 10.2 Å². The summed E-state index contributed by atoms with van der Waals surface area (Å²) in [6.07, 6.45) is 12.3. The number of amides is 2. The number of hydrogen-bond donors (Lipinski definition) is 2. The van der Waals surface area contributed by atoms with Gasteiger partial charge < -0.3 is 25.3 Å². The average Bonchev–Trinajstić information content (AvgIpc) is 3.37. The van der Waals surface area contributed by atoms with Crippen molar-refractivity contribution in [2.75, 3.05) is 51.1 Å². The van der Waals surface area contributed by atoms with Gasteiger partial charge in [-0.2, -0.15) is 0 Å². The normalized spacial score (nSPS) is 21.4. The number of aromatic nitrogens is 1. The molecule has 0 spiro atoms. The van der Waals surface area contributed by atoms with Gasteiger partial charge in [-0.1, -0.05) is 38.5 Å². The molecule has 1 aromatic rings. The second kappa shape index (κ2) is 12.8. The van der Waals surface area contributed by atoms with Crippen molar-refractivity contribution in [1.82, 2.24) is 25.0 Å². The highest BCUT2D eigenvalue weighted by atomic mass is 32.1. The lowest BCUT2D eigenvalue weighted by atomic mass is 9.84. The number of thiazole rings is 1. The predicted octanol–water partition coefficient (Wildman–Crippen LogP) is 2.93. The molecule has 2 saturated heterocycles. The Morgan fingerprint density at radius 1 is 1.12 bits per heavy atom. The number of thiocarbonyl (C=S) groups is 1. The number of rotatable bonds is 8. The fourth-order valence-electron chi connectivity index (χ4n) is 5.39. The topological polar surface area (TPSA) is 80.8 Å². The maximum absolute atomic E-state index is 13.2. The number of carbonyl (C=O) groups is 2. The second-order valence-electron chi connectivity index (χ2n) is 9.72. The van der Waals surface area contributed by atoms with Gasteiger partial charge in [-0.3, -0.25) is 9.59 Å². The van der Waals surface area contributed by atoms with Crippen LogP contribution in [0.3, 0.4) is 0 Å². The highest BCUT2D eigenvalue weighted by molar-refractivity contribution is 7.80. The van der Waals surface area contributed by atoms with Crippen molar-refractivity contribution in [2.24, 2.45) is 5.92 Å². The molecule has 8 nitrogen and oxygen atoms in total. The van der Waals surface area contributed by atoms with E-state index in [4.69, 9.17) is 12.2 Å². The summed E-state index contributed by atoms with van der Waals surface area (Å²) in [4.78, 5) is 36.8. The van der Waals surface area contributed by atoms with Gasteiger partial charge in [0.25, 0.3) is 0 Å². The van der Waals surface area contributed by atoms with Crippen LogP contribution >= 0.6 is 23.6 Å². The Balaban J connectivity index is 1.31. The number of piperazine rings is 1. The summed E-state index contributed by atoms with van der Waals surface area (Å²) in [6.45, 7) is 5.49. The first-order valence-corrected chi connectivity index (χ1v) is 14.1. The fourth-order valence-corrected chi connectivity index (χ4v) is 6.18. The Labute approximate surface area is 212 Å². The van der Waals surface area contributed by atoms with E-state index in [9.17, 15) is 9.59 Å². The standard InChI is InChI=1S/C24H38N6O2S2/c31-21-18-29(24(33)26-9-13-28-11-5-2-6-12-28)14-15-30(21)20(17-19-7-3-1-4-8-19)22(32)27-23-25-10-16-34-23/h10,16,19-20H,1-9,11-15,17-18H2,(H,26,33)(H,25,27,32). The van der Waals surface area contributed by atoms with Crippen molar-refractivity contribution in [3.05, 3.63) is 11.6 Å². The minimum atomic E-state index is -0.456. The van der Waals surface area contributed by atoms with Crippen molar-refractivity contribution < 1.29 is 9.59 Å². The molecule has 0 aromatic carbocycles. The molecule has 2 N–H and O–H groups in total. The van der Waals surface area contributed by atoms with E-state index in [1.165, 1.54) is 49.9 Å².